The van der Waals surface area contributed by atoms with Crippen molar-refractivity contribution < 1.29 is 0 Å². The number of hydrogen-bond acceptors (Lipinski definition) is 3. The third-order valence-electron chi connectivity index (χ3n) is 1.88. The fourth-order valence-corrected chi connectivity index (χ4v) is 1.37. The van der Waals surface area contributed by atoms with Crippen LogP contribution >= 0.6 is 0 Å². The van der Waals surface area contributed by atoms with E-state index in [1.54, 1.807) is 0 Å². The standard InChI is InChI=1S/C7H12N4/c1-6-9-7-2-3-8-4-5-11(7)10-6/h8H,2-5H2,1H3. The van der Waals surface area contributed by atoms with Crippen molar-refractivity contribution in [1.29, 1.82) is 0 Å². The largest absolute Gasteiger partial charge is 0.314 e. The Hall–Kier alpha value is -0.900. The summed E-state index contributed by atoms with van der Waals surface area (Å²) in [6.07, 6.45) is 1.00. The van der Waals surface area contributed by atoms with E-state index in [1.165, 1.54) is 0 Å². The van der Waals surface area contributed by atoms with E-state index < -0.39 is 0 Å². The Bertz CT molecular complexity index is 229. The van der Waals surface area contributed by atoms with E-state index in [4.69, 9.17) is 0 Å². The van der Waals surface area contributed by atoms with Crippen molar-refractivity contribution in [2.45, 2.75) is 19.9 Å². The van der Waals surface area contributed by atoms with Gasteiger partial charge in [0.2, 0.25) is 0 Å². The molecule has 2 heterocycles. The molecule has 0 bridgehead atoms. The van der Waals surface area contributed by atoms with Crippen molar-refractivity contribution in [2.75, 3.05) is 13.1 Å². The van der Waals surface area contributed by atoms with Crippen LogP contribution < -0.4 is 5.32 Å². The van der Waals surface area contributed by atoms with Crippen LogP contribution in [-0.2, 0) is 13.0 Å². The van der Waals surface area contributed by atoms with E-state index in [0.29, 0.717) is 0 Å². The Labute approximate surface area is 65.6 Å². The molecule has 2 rings (SSSR count). The van der Waals surface area contributed by atoms with E-state index in [-0.39, 0.29) is 0 Å². The summed E-state index contributed by atoms with van der Waals surface area (Å²) in [6.45, 7) is 4.93. The van der Waals surface area contributed by atoms with Gasteiger partial charge in [0.15, 0.2) is 0 Å². The maximum Gasteiger partial charge on any atom is 0.147 e. The highest BCUT2D eigenvalue weighted by Crippen LogP contribution is 2.00. The first-order valence-corrected chi connectivity index (χ1v) is 3.97. The second kappa shape index (κ2) is 2.62. The average Bonchev–Trinajstić information content (AvgIpc) is 2.17. The van der Waals surface area contributed by atoms with Crippen molar-refractivity contribution in [1.82, 2.24) is 20.1 Å². The third kappa shape index (κ3) is 1.26. The number of hydrogen-bond donors (Lipinski definition) is 1. The SMILES string of the molecule is Cc1nc2n(n1)CCNCC2. The van der Waals surface area contributed by atoms with Crippen LogP contribution in [0.3, 0.4) is 0 Å². The summed E-state index contributed by atoms with van der Waals surface area (Å²) in [5.41, 5.74) is 0. The first-order valence-electron chi connectivity index (χ1n) is 3.97. The van der Waals surface area contributed by atoms with Gasteiger partial charge in [0.25, 0.3) is 0 Å². The Morgan fingerprint density at radius 1 is 1.45 bits per heavy atom. The van der Waals surface area contributed by atoms with E-state index in [2.05, 4.69) is 15.4 Å². The molecule has 11 heavy (non-hydrogen) atoms. The lowest BCUT2D eigenvalue weighted by molar-refractivity contribution is 0.585. The highest BCUT2D eigenvalue weighted by molar-refractivity contribution is 4.93. The van der Waals surface area contributed by atoms with Crippen molar-refractivity contribution >= 4 is 0 Å². The molecule has 0 aliphatic carbocycles. The van der Waals surface area contributed by atoms with Crippen molar-refractivity contribution in [3.63, 3.8) is 0 Å². The van der Waals surface area contributed by atoms with Crippen LogP contribution in [0.4, 0.5) is 0 Å². The summed E-state index contributed by atoms with van der Waals surface area (Å²) in [7, 11) is 0. The normalized spacial score (nSPS) is 17.5. The van der Waals surface area contributed by atoms with Gasteiger partial charge in [-0.1, -0.05) is 0 Å². The third-order valence-corrected chi connectivity index (χ3v) is 1.88. The number of fused-ring (bicyclic) bond motifs is 1. The average molecular weight is 152 g/mol. The number of aryl methyl sites for hydroxylation is 1. The molecule has 1 aromatic heterocycles. The Morgan fingerprint density at radius 3 is 3.27 bits per heavy atom. The Balaban J connectivity index is 2.32. The fourth-order valence-electron chi connectivity index (χ4n) is 1.37. The molecule has 0 amide bonds. The van der Waals surface area contributed by atoms with Gasteiger partial charge in [-0.15, -0.1) is 0 Å². The zero-order valence-corrected chi connectivity index (χ0v) is 6.67. The maximum atomic E-state index is 4.32. The fraction of sp³-hybridized carbons (Fsp3) is 0.714. The summed E-state index contributed by atoms with van der Waals surface area (Å²) in [5, 5.41) is 7.58. The topological polar surface area (TPSA) is 42.7 Å². The molecule has 0 unspecified atom stereocenters. The molecule has 0 aromatic carbocycles. The Kier molecular flexibility index (Phi) is 1.62. The van der Waals surface area contributed by atoms with Gasteiger partial charge in [0, 0.05) is 19.5 Å². The quantitative estimate of drug-likeness (QED) is 0.556. The molecule has 1 N–H and O–H groups in total. The van der Waals surface area contributed by atoms with Crippen LogP contribution in [0.5, 0.6) is 0 Å². The second-order valence-corrected chi connectivity index (χ2v) is 2.80. The summed E-state index contributed by atoms with van der Waals surface area (Å²) in [6, 6.07) is 0. The molecule has 1 aliphatic rings. The van der Waals surface area contributed by atoms with Crippen LogP contribution in [0.25, 0.3) is 0 Å². The van der Waals surface area contributed by atoms with Crippen molar-refractivity contribution in [3.8, 4) is 0 Å². The van der Waals surface area contributed by atoms with Gasteiger partial charge in [0.1, 0.15) is 11.6 Å². The van der Waals surface area contributed by atoms with Crippen LogP contribution in [0.1, 0.15) is 11.6 Å². The lowest BCUT2D eigenvalue weighted by Crippen LogP contribution is -2.17. The molecule has 0 saturated heterocycles. The van der Waals surface area contributed by atoms with E-state index >= 15 is 0 Å². The first-order chi connectivity index (χ1) is 5.36. The van der Waals surface area contributed by atoms with Crippen LogP contribution in [0, 0.1) is 6.92 Å². The molecule has 0 fully saturated rings. The van der Waals surface area contributed by atoms with Crippen molar-refractivity contribution in [3.05, 3.63) is 11.6 Å². The lowest BCUT2D eigenvalue weighted by atomic mass is 10.4. The molecule has 0 spiro atoms. The predicted molar refractivity (Wildman–Crippen MR) is 41.3 cm³/mol. The minimum absolute atomic E-state index is 0.891. The molecule has 4 heteroatoms. The Morgan fingerprint density at radius 2 is 2.36 bits per heavy atom. The van der Waals surface area contributed by atoms with E-state index in [9.17, 15) is 0 Å². The molecular weight excluding hydrogens is 140 g/mol. The van der Waals surface area contributed by atoms with Crippen LogP contribution in [-0.4, -0.2) is 27.9 Å². The molecular formula is C7H12N4. The smallest absolute Gasteiger partial charge is 0.147 e. The summed E-state index contributed by atoms with van der Waals surface area (Å²) in [4.78, 5) is 4.32. The van der Waals surface area contributed by atoms with Gasteiger partial charge in [-0.2, -0.15) is 5.10 Å². The summed E-state index contributed by atoms with van der Waals surface area (Å²) in [5.74, 6) is 2.01. The molecule has 0 atom stereocenters. The molecule has 60 valence electrons. The lowest BCUT2D eigenvalue weighted by Gasteiger charge is -1.96. The minimum Gasteiger partial charge on any atom is -0.314 e. The van der Waals surface area contributed by atoms with E-state index in [1.807, 2.05) is 11.6 Å². The molecule has 0 saturated carbocycles. The number of aromatic nitrogens is 3. The highest BCUT2D eigenvalue weighted by Gasteiger charge is 2.09. The van der Waals surface area contributed by atoms with Crippen molar-refractivity contribution in [2.24, 2.45) is 0 Å². The summed E-state index contributed by atoms with van der Waals surface area (Å²) < 4.78 is 2.00. The molecule has 4 nitrogen and oxygen atoms in total. The van der Waals surface area contributed by atoms with Crippen LogP contribution in [0.15, 0.2) is 0 Å². The minimum atomic E-state index is 0.891. The molecule has 0 radical (unpaired) electrons. The highest BCUT2D eigenvalue weighted by atomic mass is 15.4. The number of nitrogens with zero attached hydrogens (tertiary/aromatic N) is 3. The van der Waals surface area contributed by atoms with Gasteiger partial charge >= 0.3 is 0 Å². The molecule has 1 aliphatic heterocycles. The molecule has 1 aromatic rings. The zero-order chi connectivity index (χ0) is 7.68. The van der Waals surface area contributed by atoms with Gasteiger partial charge < -0.3 is 5.32 Å². The first kappa shape index (κ1) is 6.79. The monoisotopic (exact) mass is 152 g/mol. The maximum absolute atomic E-state index is 4.32. The van der Waals surface area contributed by atoms with Gasteiger partial charge in [-0.3, -0.25) is 0 Å². The van der Waals surface area contributed by atoms with Gasteiger partial charge in [0.05, 0.1) is 6.54 Å². The van der Waals surface area contributed by atoms with E-state index in [0.717, 1.165) is 37.7 Å². The number of nitrogens with one attached hydrogen (secondary N) is 1. The predicted octanol–water partition coefficient (Wildman–Crippen LogP) is -0.268. The zero-order valence-electron chi connectivity index (χ0n) is 6.67. The number of rotatable bonds is 0. The van der Waals surface area contributed by atoms with Gasteiger partial charge in [-0.05, 0) is 6.92 Å². The van der Waals surface area contributed by atoms with Crippen LogP contribution in [0.2, 0.25) is 0 Å². The second-order valence-electron chi connectivity index (χ2n) is 2.80. The van der Waals surface area contributed by atoms with Gasteiger partial charge in [-0.25, -0.2) is 9.67 Å². The summed E-state index contributed by atoms with van der Waals surface area (Å²) >= 11 is 0.